The molecule has 37 heavy (non-hydrogen) atoms. The van der Waals surface area contributed by atoms with Crippen LogP contribution in [0.3, 0.4) is 0 Å². The molecule has 0 aliphatic carbocycles. The van der Waals surface area contributed by atoms with Crippen molar-refractivity contribution in [2.75, 3.05) is 20.2 Å². The first-order chi connectivity index (χ1) is 18.1. The van der Waals surface area contributed by atoms with E-state index in [9.17, 15) is 9.59 Å². The van der Waals surface area contributed by atoms with Crippen molar-refractivity contribution in [2.24, 2.45) is 0 Å². The van der Waals surface area contributed by atoms with E-state index < -0.39 is 10.8 Å². The van der Waals surface area contributed by atoms with Crippen LogP contribution in [-0.4, -0.2) is 48.4 Å². The van der Waals surface area contributed by atoms with E-state index in [0.29, 0.717) is 13.0 Å². The summed E-state index contributed by atoms with van der Waals surface area (Å²) >= 11 is 1.84. The Bertz CT molecular complexity index is 1120. The number of nitrogens with zero attached hydrogens (tertiary/aromatic N) is 1. The molecule has 6 heteroatoms. The topological polar surface area (TPSA) is 58.6 Å². The van der Waals surface area contributed by atoms with Crippen LogP contribution in [0.1, 0.15) is 23.1 Å². The first-order valence-corrected chi connectivity index (χ1v) is 13.2. The highest BCUT2D eigenvalue weighted by molar-refractivity contribution is 8.01. The lowest BCUT2D eigenvalue weighted by atomic mass is 9.84. The quantitative estimate of drug-likeness (QED) is 0.224. The summed E-state index contributed by atoms with van der Waals surface area (Å²) in [5.74, 6) is -0.206. The van der Waals surface area contributed by atoms with Crippen LogP contribution in [0.25, 0.3) is 0 Å². The van der Waals surface area contributed by atoms with E-state index in [1.807, 2.05) is 30.0 Å². The second kappa shape index (κ2) is 12.5. The molecule has 0 unspecified atom stereocenters. The molecule has 1 aliphatic heterocycles. The minimum absolute atomic E-state index is 0.0798. The lowest BCUT2D eigenvalue weighted by Crippen LogP contribution is -2.36. The van der Waals surface area contributed by atoms with Crippen LogP contribution >= 0.6 is 11.8 Å². The SMILES string of the molecule is C=CCOC(=O)N1C[C@@H](SC(c2ccccc2)(c2ccccc2)c2ccccc2)C[C@H]1/C=C/C(=O)NC. The molecule has 5 nitrogen and oxygen atoms in total. The molecule has 1 N–H and O–H groups in total. The van der Waals surface area contributed by atoms with Gasteiger partial charge in [0.2, 0.25) is 5.91 Å². The molecule has 0 radical (unpaired) electrons. The van der Waals surface area contributed by atoms with Gasteiger partial charge in [0.15, 0.2) is 0 Å². The van der Waals surface area contributed by atoms with Crippen molar-refractivity contribution in [1.82, 2.24) is 10.2 Å². The average Bonchev–Trinajstić information content (AvgIpc) is 3.37. The fourth-order valence-corrected chi connectivity index (χ4v) is 6.62. The Morgan fingerprint density at radius 2 is 1.49 bits per heavy atom. The number of carbonyl (C=O) groups is 2. The standard InChI is InChI=1S/C31H32N2O3S/c1-3-21-36-30(35)33-23-28(22-27(33)19-20-29(34)32-2)37-31(24-13-7-4-8-14-24,25-15-9-5-10-16-25)26-17-11-6-12-18-26/h3-20,27-28H,1,21-23H2,2H3,(H,32,34)/b20-19+/t27-,28+/m1/s1. The number of rotatable bonds is 9. The van der Waals surface area contributed by atoms with Crippen LogP contribution < -0.4 is 5.32 Å². The number of thioether (sulfide) groups is 1. The van der Waals surface area contributed by atoms with Crippen molar-refractivity contribution in [2.45, 2.75) is 22.5 Å². The Morgan fingerprint density at radius 3 is 1.95 bits per heavy atom. The summed E-state index contributed by atoms with van der Waals surface area (Å²) in [4.78, 5) is 26.6. The summed E-state index contributed by atoms with van der Waals surface area (Å²) in [5, 5.41) is 2.68. The van der Waals surface area contributed by atoms with Gasteiger partial charge < -0.3 is 15.0 Å². The van der Waals surface area contributed by atoms with Crippen molar-refractivity contribution >= 4 is 23.8 Å². The summed E-state index contributed by atoms with van der Waals surface area (Å²) in [7, 11) is 1.59. The van der Waals surface area contributed by atoms with E-state index in [1.54, 1.807) is 24.1 Å². The van der Waals surface area contributed by atoms with E-state index in [2.05, 4.69) is 84.7 Å². The molecule has 0 saturated carbocycles. The van der Waals surface area contributed by atoms with Gasteiger partial charge in [0.1, 0.15) is 6.61 Å². The molecule has 0 bridgehead atoms. The van der Waals surface area contributed by atoms with Gasteiger partial charge in [-0.2, -0.15) is 0 Å². The number of carbonyl (C=O) groups excluding carboxylic acids is 2. The molecular formula is C31H32N2O3S. The molecule has 3 aromatic rings. The zero-order valence-corrected chi connectivity index (χ0v) is 21.8. The van der Waals surface area contributed by atoms with Crippen molar-refractivity contribution in [3.63, 3.8) is 0 Å². The van der Waals surface area contributed by atoms with E-state index in [4.69, 9.17) is 4.74 Å². The Kier molecular flexibility index (Phi) is 8.86. The van der Waals surface area contributed by atoms with Gasteiger partial charge in [0.05, 0.1) is 10.8 Å². The maximum Gasteiger partial charge on any atom is 0.410 e. The largest absolute Gasteiger partial charge is 0.445 e. The molecule has 1 saturated heterocycles. The van der Waals surface area contributed by atoms with Gasteiger partial charge in [-0.3, -0.25) is 4.79 Å². The molecule has 1 heterocycles. The number of amides is 2. The van der Waals surface area contributed by atoms with E-state index in [0.717, 1.165) is 0 Å². The van der Waals surface area contributed by atoms with Crippen molar-refractivity contribution in [3.05, 3.63) is 132 Å². The van der Waals surface area contributed by atoms with Gasteiger partial charge in [-0.1, -0.05) is 110 Å². The molecule has 0 spiro atoms. The number of hydrogen-bond acceptors (Lipinski definition) is 4. The molecule has 1 aliphatic rings. The zero-order valence-electron chi connectivity index (χ0n) is 21.0. The smallest absolute Gasteiger partial charge is 0.410 e. The van der Waals surface area contributed by atoms with Crippen LogP contribution in [0, 0.1) is 0 Å². The molecule has 2 amide bonds. The molecule has 3 aromatic carbocycles. The fraction of sp³-hybridized carbons (Fsp3) is 0.226. The molecule has 0 aromatic heterocycles. The van der Waals surface area contributed by atoms with Crippen LogP contribution in [0.2, 0.25) is 0 Å². The van der Waals surface area contributed by atoms with Crippen molar-refractivity contribution in [1.29, 1.82) is 0 Å². The second-order valence-corrected chi connectivity index (χ2v) is 10.3. The van der Waals surface area contributed by atoms with Gasteiger partial charge in [-0.05, 0) is 23.1 Å². The van der Waals surface area contributed by atoms with E-state index in [1.165, 1.54) is 22.8 Å². The Hall–Kier alpha value is -3.77. The van der Waals surface area contributed by atoms with Gasteiger partial charge >= 0.3 is 6.09 Å². The maximum atomic E-state index is 13.0. The summed E-state index contributed by atoms with van der Waals surface area (Å²) in [6.45, 7) is 4.28. The molecule has 1 fully saturated rings. The Balaban J connectivity index is 1.76. The normalized spacial score (nSPS) is 17.5. The predicted molar refractivity (Wildman–Crippen MR) is 150 cm³/mol. The average molecular weight is 513 g/mol. The molecule has 2 atom stereocenters. The summed E-state index contributed by atoms with van der Waals surface area (Å²) in [5.41, 5.74) is 3.51. The number of likely N-dealkylation sites (tertiary alicyclic amines) is 1. The molecular weight excluding hydrogens is 480 g/mol. The minimum Gasteiger partial charge on any atom is -0.445 e. The maximum absolute atomic E-state index is 13.0. The third kappa shape index (κ3) is 5.97. The van der Waals surface area contributed by atoms with Crippen LogP contribution in [-0.2, 0) is 14.3 Å². The lowest BCUT2D eigenvalue weighted by Gasteiger charge is -2.37. The number of ether oxygens (including phenoxy) is 1. The third-order valence-electron chi connectivity index (χ3n) is 6.46. The highest BCUT2D eigenvalue weighted by Gasteiger charge is 2.44. The highest BCUT2D eigenvalue weighted by Crippen LogP contribution is 2.52. The monoisotopic (exact) mass is 512 g/mol. The van der Waals surface area contributed by atoms with E-state index in [-0.39, 0.29) is 23.8 Å². The zero-order chi connectivity index (χ0) is 26.1. The predicted octanol–water partition coefficient (Wildman–Crippen LogP) is 5.78. The number of nitrogens with one attached hydrogen (secondary N) is 1. The first kappa shape index (κ1) is 26.3. The van der Waals surface area contributed by atoms with E-state index >= 15 is 0 Å². The van der Waals surface area contributed by atoms with Crippen molar-refractivity contribution < 1.29 is 14.3 Å². The Labute approximate surface area is 223 Å². The number of likely N-dealkylation sites (N-methyl/N-ethyl adjacent to an activating group) is 1. The fourth-order valence-electron chi connectivity index (χ4n) is 4.77. The van der Waals surface area contributed by atoms with Gasteiger partial charge in [-0.15, -0.1) is 11.8 Å². The van der Waals surface area contributed by atoms with Crippen LogP contribution in [0.4, 0.5) is 4.79 Å². The summed E-state index contributed by atoms with van der Waals surface area (Å²) in [6, 6.07) is 31.2. The van der Waals surface area contributed by atoms with Crippen LogP contribution in [0.5, 0.6) is 0 Å². The van der Waals surface area contributed by atoms with Crippen molar-refractivity contribution in [3.8, 4) is 0 Å². The molecule has 190 valence electrons. The summed E-state index contributed by atoms with van der Waals surface area (Å²) in [6.07, 6.45) is 5.13. The number of benzene rings is 3. The summed E-state index contributed by atoms with van der Waals surface area (Å²) < 4.78 is 4.90. The highest BCUT2D eigenvalue weighted by atomic mass is 32.2. The number of hydrogen-bond donors (Lipinski definition) is 1. The van der Waals surface area contributed by atoms with Gasteiger partial charge in [0.25, 0.3) is 0 Å². The first-order valence-electron chi connectivity index (χ1n) is 12.4. The molecule has 4 rings (SSSR count). The minimum atomic E-state index is -0.496. The second-order valence-electron chi connectivity index (χ2n) is 8.81. The van der Waals surface area contributed by atoms with Gasteiger partial charge in [-0.25, -0.2) is 4.79 Å². The van der Waals surface area contributed by atoms with Gasteiger partial charge in [0, 0.05) is 24.9 Å². The third-order valence-corrected chi connectivity index (χ3v) is 8.20. The van der Waals surface area contributed by atoms with Crippen LogP contribution in [0.15, 0.2) is 116 Å². The lowest BCUT2D eigenvalue weighted by molar-refractivity contribution is -0.116. The Morgan fingerprint density at radius 1 is 0.973 bits per heavy atom.